The number of hydrogen-bond donors (Lipinski definition) is 1. The van der Waals surface area contributed by atoms with E-state index >= 15 is 0 Å². The Morgan fingerprint density at radius 1 is 1.50 bits per heavy atom. The summed E-state index contributed by atoms with van der Waals surface area (Å²) in [6.07, 6.45) is 0. The Bertz CT molecular complexity index is 94.0. The molecule has 6 heavy (non-hydrogen) atoms. The van der Waals surface area contributed by atoms with Gasteiger partial charge < -0.3 is 0 Å². The third-order valence-corrected chi connectivity index (χ3v) is 0. The molecule has 0 saturated heterocycles. The predicted molar refractivity (Wildman–Crippen MR) is 20.1 cm³/mol. The van der Waals surface area contributed by atoms with Crippen molar-refractivity contribution < 1.29 is 32.1 Å². The molecule has 0 atom stereocenters. The normalized spacial score (nSPS) is 9.33. The SMILES string of the molecule is O=[S](=O)(O)[Ti].[CaH2]. The van der Waals surface area contributed by atoms with Crippen molar-refractivity contribution in [2.24, 2.45) is 0 Å². The van der Waals surface area contributed by atoms with E-state index in [4.69, 9.17) is 4.55 Å². The molecule has 0 fully saturated rings. The summed E-state index contributed by atoms with van der Waals surface area (Å²) < 4.78 is 25.9. The van der Waals surface area contributed by atoms with Gasteiger partial charge in [-0.05, 0) is 0 Å². The van der Waals surface area contributed by atoms with Crippen molar-refractivity contribution in [1.82, 2.24) is 0 Å². The van der Waals surface area contributed by atoms with Gasteiger partial charge in [0.2, 0.25) is 0 Å². The Morgan fingerprint density at radius 2 is 1.50 bits per heavy atom. The predicted octanol–water partition coefficient (Wildman–Crippen LogP) is -1.58. The van der Waals surface area contributed by atoms with E-state index in [1.54, 1.807) is 0 Å². The van der Waals surface area contributed by atoms with Crippen molar-refractivity contribution in [3.8, 4) is 0 Å². The fraction of sp³-hybridized carbons (Fsp3) is 0. The van der Waals surface area contributed by atoms with Crippen LogP contribution in [0.15, 0.2) is 0 Å². The molecular formula is H3CaO3STi. The molecule has 33 valence electrons. The zero-order valence-corrected chi connectivity index (χ0v) is 4.55. The summed E-state index contributed by atoms with van der Waals surface area (Å²) in [4.78, 5) is 0. The quantitative estimate of drug-likeness (QED) is 0.353. The Balaban J connectivity index is 0. The van der Waals surface area contributed by atoms with Crippen LogP contribution in [0.25, 0.3) is 0 Å². The van der Waals surface area contributed by atoms with Crippen molar-refractivity contribution in [3.63, 3.8) is 0 Å². The summed E-state index contributed by atoms with van der Waals surface area (Å²) in [5.74, 6) is 0. The summed E-state index contributed by atoms with van der Waals surface area (Å²) in [6.45, 7) is 0. The van der Waals surface area contributed by atoms with Crippen LogP contribution in [0.5, 0.6) is 0 Å². The minimum absolute atomic E-state index is 0. The van der Waals surface area contributed by atoms with Gasteiger partial charge in [-0.15, -0.1) is 0 Å². The van der Waals surface area contributed by atoms with Crippen molar-refractivity contribution >= 4 is 45.4 Å². The number of hydrogen-bond acceptors (Lipinski definition) is 2. The van der Waals surface area contributed by atoms with Gasteiger partial charge in [0.25, 0.3) is 0 Å². The van der Waals surface area contributed by atoms with Crippen LogP contribution in [-0.4, -0.2) is 50.7 Å². The molecule has 0 radical (unpaired) electrons. The Hall–Kier alpha value is 1.88. The van der Waals surface area contributed by atoms with E-state index in [-0.39, 0.29) is 37.7 Å². The molecule has 6 heteroatoms. The van der Waals surface area contributed by atoms with Crippen molar-refractivity contribution in [2.75, 3.05) is 0 Å². The van der Waals surface area contributed by atoms with E-state index in [1.165, 1.54) is 0 Å². The first kappa shape index (κ1) is 10.8. The zero-order chi connectivity index (χ0) is 4.50. The van der Waals surface area contributed by atoms with Crippen LogP contribution in [0.4, 0.5) is 0 Å². The van der Waals surface area contributed by atoms with E-state index in [1.807, 2.05) is 0 Å². The third kappa shape index (κ3) is 39.5. The average Bonchev–Trinajstić information content (AvgIpc) is 0.722. The molecule has 1 N–H and O–H groups in total. The van der Waals surface area contributed by atoms with E-state index < -0.39 is 7.70 Å². The topological polar surface area (TPSA) is 54.4 Å². The monoisotopic (exact) mass is 171 g/mol. The Kier molecular flexibility index (Phi) is 6.90. The van der Waals surface area contributed by atoms with Gasteiger partial charge in [0.15, 0.2) is 0 Å². The van der Waals surface area contributed by atoms with Gasteiger partial charge in [0.1, 0.15) is 0 Å². The molecule has 0 aromatic rings. The molecule has 0 amide bonds. The van der Waals surface area contributed by atoms with Gasteiger partial charge in [0, 0.05) is 0 Å². The van der Waals surface area contributed by atoms with Crippen LogP contribution < -0.4 is 0 Å². The molecule has 0 aromatic heterocycles. The molecule has 0 aliphatic carbocycles. The molecule has 0 heterocycles. The third-order valence-electron chi connectivity index (χ3n) is 0. The van der Waals surface area contributed by atoms with Crippen molar-refractivity contribution in [2.45, 2.75) is 0 Å². The summed E-state index contributed by atoms with van der Waals surface area (Å²) in [6, 6.07) is 0. The van der Waals surface area contributed by atoms with Crippen molar-refractivity contribution in [1.29, 1.82) is 0 Å². The standard InChI is InChI=1S/Ca.HO3S.Ti.2H/c;1-4(2)3;;;/h;(H,1,2,3);;;. The molecule has 0 saturated carbocycles. The van der Waals surface area contributed by atoms with Crippen LogP contribution >= 0.6 is 0 Å². The van der Waals surface area contributed by atoms with Crippen molar-refractivity contribution in [3.05, 3.63) is 0 Å². The molecule has 0 unspecified atom stereocenters. The fourth-order valence-corrected chi connectivity index (χ4v) is 0. The Labute approximate surface area is 76.3 Å². The van der Waals surface area contributed by atoms with E-state index in [2.05, 4.69) is 0 Å². The molecule has 0 aromatic carbocycles. The van der Waals surface area contributed by atoms with Crippen LogP contribution in [0.2, 0.25) is 0 Å². The summed E-state index contributed by atoms with van der Waals surface area (Å²) in [5, 5.41) is 0. The second-order valence-electron chi connectivity index (χ2n) is 0.475. The molecule has 0 aliphatic rings. The molecule has 0 spiro atoms. The van der Waals surface area contributed by atoms with E-state index in [9.17, 15) is 8.42 Å². The summed E-state index contributed by atoms with van der Waals surface area (Å²) in [7, 11) is -3.67. The Morgan fingerprint density at radius 3 is 1.50 bits per heavy atom. The van der Waals surface area contributed by atoms with Gasteiger partial charge in [0.05, 0.1) is 0 Å². The van der Waals surface area contributed by atoms with Gasteiger partial charge in [-0.3, -0.25) is 0 Å². The molecule has 3 nitrogen and oxygen atoms in total. The summed E-state index contributed by atoms with van der Waals surface area (Å²) in [5.41, 5.74) is 0. The second kappa shape index (κ2) is 3.83. The first-order valence-electron chi connectivity index (χ1n) is 0.720. The zero-order valence-electron chi connectivity index (χ0n) is 2.17. The number of rotatable bonds is 0. The summed E-state index contributed by atoms with van der Waals surface area (Å²) >= 11 is 0.715. The maximum absolute atomic E-state index is 9.19. The first-order chi connectivity index (χ1) is 2.00. The van der Waals surface area contributed by atoms with Crippen LogP contribution in [0.1, 0.15) is 0 Å². The maximum atomic E-state index is 9.19. The van der Waals surface area contributed by atoms with Crippen LogP contribution in [0.3, 0.4) is 0 Å². The van der Waals surface area contributed by atoms with Gasteiger partial charge in [-0.25, -0.2) is 0 Å². The second-order valence-corrected chi connectivity index (χ2v) is 3.84. The van der Waals surface area contributed by atoms with E-state index in [0.717, 1.165) is 0 Å². The minimum atomic E-state index is -3.67. The fourth-order valence-electron chi connectivity index (χ4n) is 0. The van der Waals surface area contributed by atoms with Gasteiger partial charge >= 0.3 is 77.5 Å². The van der Waals surface area contributed by atoms with Crippen LogP contribution in [-0.2, 0) is 26.8 Å². The molecular weight excluding hydrogens is 168 g/mol. The van der Waals surface area contributed by atoms with E-state index in [0.29, 0.717) is 19.1 Å². The van der Waals surface area contributed by atoms with Gasteiger partial charge in [-0.2, -0.15) is 0 Å². The first-order valence-corrected chi connectivity index (χ1v) is 4.07. The van der Waals surface area contributed by atoms with Crippen LogP contribution in [0, 0.1) is 0 Å². The average molecular weight is 171 g/mol. The molecule has 0 aliphatic heterocycles. The molecule has 0 rings (SSSR count). The van der Waals surface area contributed by atoms with Gasteiger partial charge in [-0.1, -0.05) is 0 Å². The molecule has 0 bridgehead atoms.